The molecule has 1 heterocycles. The molecule has 5 heteroatoms. The van der Waals surface area contributed by atoms with Crippen molar-refractivity contribution >= 4 is 11.6 Å². The maximum atomic E-state index is 12.0. The topological polar surface area (TPSA) is 68.0 Å². The van der Waals surface area contributed by atoms with Crippen LogP contribution in [0, 0.1) is 12.8 Å². The quantitative estimate of drug-likeness (QED) is 0.931. The summed E-state index contributed by atoms with van der Waals surface area (Å²) in [7, 11) is 0. The highest BCUT2D eigenvalue weighted by atomic mass is 16.4. The number of hydrogen-bond acceptors (Lipinski definition) is 4. The van der Waals surface area contributed by atoms with Crippen molar-refractivity contribution in [3.63, 3.8) is 0 Å². The van der Waals surface area contributed by atoms with Gasteiger partial charge in [-0.25, -0.2) is 0 Å². The zero-order valence-corrected chi connectivity index (χ0v) is 11.4. The van der Waals surface area contributed by atoms with Gasteiger partial charge in [0, 0.05) is 24.1 Å². The molecule has 0 spiro atoms. The number of aromatic nitrogens is 2. The smallest absolute Gasteiger partial charge is 0.247 e. The van der Waals surface area contributed by atoms with E-state index < -0.39 is 0 Å². The number of benzene rings is 1. The van der Waals surface area contributed by atoms with Crippen molar-refractivity contribution in [3.05, 3.63) is 30.2 Å². The van der Waals surface area contributed by atoms with Gasteiger partial charge in [0.15, 0.2) is 0 Å². The van der Waals surface area contributed by atoms with E-state index in [-0.39, 0.29) is 11.8 Å². The van der Waals surface area contributed by atoms with E-state index in [2.05, 4.69) is 15.5 Å². The third-order valence-electron chi connectivity index (χ3n) is 3.65. The SMILES string of the molecule is Cc1nnc(-c2ccc(NC(=O)C3CCCC3)cc2)o1. The molecule has 1 saturated carbocycles. The minimum absolute atomic E-state index is 0.129. The molecule has 1 aliphatic carbocycles. The first kappa shape index (κ1) is 12.8. The molecule has 2 aromatic rings. The van der Waals surface area contributed by atoms with E-state index in [0.717, 1.165) is 36.9 Å². The zero-order chi connectivity index (χ0) is 13.9. The number of nitrogens with zero attached hydrogens (tertiary/aromatic N) is 2. The highest BCUT2D eigenvalue weighted by Gasteiger charge is 2.22. The number of nitrogens with one attached hydrogen (secondary N) is 1. The molecule has 0 atom stereocenters. The van der Waals surface area contributed by atoms with E-state index in [0.29, 0.717) is 11.8 Å². The molecule has 1 aromatic heterocycles. The lowest BCUT2D eigenvalue weighted by Gasteiger charge is -2.10. The summed E-state index contributed by atoms with van der Waals surface area (Å²) in [6.45, 7) is 1.76. The number of amides is 1. The predicted molar refractivity (Wildman–Crippen MR) is 75.1 cm³/mol. The van der Waals surface area contributed by atoms with Crippen LogP contribution in [0.2, 0.25) is 0 Å². The monoisotopic (exact) mass is 271 g/mol. The largest absolute Gasteiger partial charge is 0.421 e. The molecule has 0 aliphatic heterocycles. The third-order valence-corrected chi connectivity index (χ3v) is 3.65. The van der Waals surface area contributed by atoms with Gasteiger partial charge in [-0.1, -0.05) is 12.8 Å². The fourth-order valence-electron chi connectivity index (χ4n) is 2.54. The minimum Gasteiger partial charge on any atom is -0.421 e. The van der Waals surface area contributed by atoms with Crippen LogP contribution in [0.25, 0.3) is 11.5 Å². The summed E-state index contributed by atoms with van der Waals surface area (Å²) >= 11 is 0. The molecule has 1 amide bonds. The van der Waals surface area contributed by atoms with E-state index in [1.807, 2.05) is 24.3 Å². The Labute approximate surface area is 117 Å². The van der Waals surface area contributed by atoms with Gasteiger partial charge in [-0.2, -0.15) is 0 Å². The van der Waals surface area contributed by atoms with Crippen molar-refractivity contribution in [3.8, 4) is 11.5 Å². The number of hydrogen-bond donors (Lipinski definition) is 1. The molecule has 0 saturated heterocycles. The Kier molecular flexibility index (Phi) is 3.50. The summed E-state index contributed by atoms with van der Waals surface area (Å²) < 4.78 is 5.36. The van der Waals surface area contributed by atoms with Gasteiger partial charge < -0.3 is 9.73 Å². The first-order valence-electron chi connectivity index (χ1n) is 6.94. The summed E-state index contributed by atoms with van der Waals surface area (Å²) in [6.07, 6.45) is 4.33. The Morgan fingerprint density at radius 3 is 2.50 bits per heavy atom. The molecule has 1 N–H and O–H groups in total. The van der Waals surface area contributed by atoms with Gasteiger partial charge in [-0.15, -0.1) is 10.2 Å². The van der Waals surface area contributed by atoms with Crippen LogP contribution in [0.15, 0.2) is 28.7 Å². The Morgan fingerprint density at radius 2 is 1.90 bits per heavy atom. The van der Waals surface area contributed by atoms with Crippen LogP contribution in [-0.4, -0.2) is 16.1 Å². The second-order valence-corrected chi connectivity index (χ2v) is 5.17. The average molecular weight is 271 g/mol. The summed E-state index contributed by atoms with van der Waals surface area (Å²) in [5.74, 6) is 1.34. The van der Waals surface area contributed by atoms with Crippen LogP contribution in [0.5, 0.6) is 0 Å². The Hall–Kier alpha value is -2.17. The van der Waals surface area contributed by atoms with E-state index in [9.17, 15) is 4.79 Å². The third kappa shape index (κ3) is 2.71. The van der Waals surface area contributed by atoms with Crippen LogP contribution in [-0.2, 0) is 4.79 Å². The Bertz CT molecular complexity index is 598. The summed E-state index contributed by atoms with van der Waals surface area (Å²) in [5.41, 5.74) is 1.66. The number of carbonyl (C=O) groups is 1. The van der Waals surface area contributed by atoms with E-state index in [4.69, 9.17) is 4.42 Å². The first-order chi connectivity index (χ1) is 9.72. The summed E-state index contributed by atoms with van der Waals surface area (Å²) in [4.78, 5) is 12.0. The molecule has 0 bridgehead atoms. The van der Waals surface area contributed by atoms with Gasteiger partial charge in [0.05, 0.1) is 0 Å². The van der Waals surface area contributed by atoms with Crippen molar-refractivity contribution in [2.24, 2.45) is 5.92 Å². The van der Waals surface area contributed by atoms with Crippen molar-refractivity contribution < 1.29 is 9.21 Å². The Morgan fingerprint density at radius 1 is 1.20 bits per heavy atom. The number of rotatable bonds is 3. The van der Waals surface area contributed by atoms with Crippen LogP contribution >= 0.6 is 0 Å². The molecule has 1 fully saturated rings. The summed E-state index contributed by atoms with van der Waals surface area (Å²) in [6, 6.07) is 7.47. The van der Waals surface area contributed by atoms with Crippen LogP contribution in [0.4, 0.5) is 5.69 Å². The zero-order valence-electron chi connectivity index (χ0n) is 11.4. The van der Waals surface area contributed by atoms with Crippen molar-refractivity contribution in [1.82, 2.24) is 10.2 Å². The van der Waals surface area contributed by atoms with Crippen LogP contribution in [0.3, 0.4) is 0 Å². The van der Waals surface area contributed by atoms with Gasteiger partial charge in [-0.3, -0.25) is 4.79 Å². The van der Waals surface area contributed by atoms with Crippen molar-refractivity contribution in [2.45, 2.75) is 32.6 Å². The fourth-order valence-corrected chi connectivity index (χ4v) is 2.54. The standard InChI is InChI=1S/C15H17N3O2/c1-10-17-18-15(20-10)12-6-8-13(9-7-12)16-14(19)11-4-2-3-5-11/h6-9,11H,2-5H2,1H3,(H,16,19). The van der Waals surface area contributed by atoms with Gasteiger partial charge in [-0.05, 0) is 37.1 Å². The van der Waals surface area contributed by atoms with Crippen molar-refractivity contribution in [1.29, 1.82) is 0 Å². The summed E-state index contributed by atoms with van der Waals surface area (Å²) in [5, 5.41) is 10.7. The second kappa shape index (κ2) is 5.45. The lowest BCUT2D eigenvalue weighted by Crippen LogP contribution is -2.20. The molecule has 0 unspecified atom stereocenters. The molecule has 0 radical (unpaired) electrons. The normalized spacial score (nSPS) is 15.4. The first-order valence-corrected chi connectivity index (χ1v) is 6.94. The second-order valence-electron chi connectivity index (χ2n) is 5.17. The van der Waals surface area contributed by atoms with Gasteiger partial charge in [0.1, 0.15) is 0 Å². The predicted octanol–water partition coefficient (Wildman–Crippen LogP) is 3.17. The van der Waals surface area contributed by atoms with Crippen molar-refractivity contribution in [2.75, 3.05) is 5.32 Å². The number of aryl methyl sites for hydroxylation is 1. The lowest BCUT2D eigenvalue weighted by molar-refractivity contribution is -0.119. The molecule has 5 nitrogen and oxygen atoms in total. The molecule has 3 rings (SSSR count). The highest BCUT2D eigenvalue weighted by Crippen LogP contribution is 2.26. The van der Waals surface area contributed by atoms with Gasteiger partial charge in [0.25, 0.3) is 0 Å². The van der Waals surface area contributed by atoms with Crippen LogP contribution in [0.1, 0.15) is 31.6 Å². The molecular weight excluding hydrogens is 254 g/mol. The molecule has 104 valence electrons. The maximum absolute atomic E-state index is 12.0. The van der Waals surface area contributed by atoms with Gasteiger partial charge in [0.2, 0.25) is 17.7 Å². The van der Waals surface area contributed by atoms with E-state index >= 15 is 0 Å². The average Bonchev–Trinajstić information content (AvgIpc) is 3.10. The lowest BCUT2D eigenvalue weighted by atomic mass is 10.1. The Balaban J connectivity index is 1.68. The van der Waals surface area contributed by atoms with Crippen LogP contribution < -0.4 is 5.32 Å². The number of anilines is 1. The maximum Gasteiger partial charge on any atom is 0.247 e. The fraction of sp³-hybridized carbons (Fsp3) is 0.400. The van der Waals surface area contributed by atoms with Gasteiger partial charge >= 0.3 is 0 Å². The highest BCUT2D eigenvalue weighted by molar-refractivity contribution is 5.92. The minimum atomic E-state index is 0.129. The molecule has 1 aromatic carbocycles. The number of carbonyl (C=O) groups excluding carboxylic acids is 1. The molecular formula is C15H17N3O2. The van der Waals surface area contributed by atoms with E-state index in [1.54, 1.807) is 6.92 Å². The molecule has 20 heavy (non-hydrogen) atoms. The van der Waals surface area contributed by atoms with E-state index in [1.165, 1.54) is 0 Å². The molecule has 1 aliphatic rings.